The van der Waals surface area contributed by atoms with Crippen LogP contribution in [0.2, 0.25) is 0 Å². The first kappa shape index (κ1) is 23.8. The predicted octanol–water partition coefficient (Wildman–Crippen LogP) is 1.36. The Balaban J connectivity index is 0.00000225. The molecule has 3 rings (SSSR count). The summed E-state index contributed by atoms with van der Waals surface area (Å²) in [5.74, 6) is -2.00. The summed E-state index contributed by atoms with van der Waals surface area (Å²) in [6.45, 7) is 0. The Kier molecular flexibility index (Phi) is 7.74. The average molecular weight is 416 g/mol. The van der Waals surface area contributed by atoms with Crippen LogP contribution in [0.4, 0.5) is 11.4 Å². The lowest BCUT2D eigenvalue weighted by molar-refractivity contribution is 0.101. The van der Waals surface area contributed by atoms with E-state index in [-0.39, 0.29) is 45.1 Å². The number of hydrogen-bond donors (Lipinski definition) is 6. The van der Waals surface area contributed by atoms with Gasteiger partial charge in [0, 0.05) is 34.6 Å². The molecule has 10 heteroatoms. The predicted molar refractivity (Wildman–Crippen MR) is 109 cm³/mol. The molecular formula is C20H20N2O8. The van der Waals surface area contributed by atoms with Crippen LogP contribution in [0.5, 0.6) is 23.0 Å². The van der Waals surface area contributed by atoms with Gasteiger partial charge in [-0.25, -0.2) is 0 Å². The number of amides is 2. The van der Waals surface area contributed by atoms with Crippen molar-refractivity contribution in [2.24, 2.45) is 0 Å². The SMILES string of the molecule is O.O.O=C(Nc1ccc(NC(=O)c2cc(O)cc(O)c2)cc1)c1cc(O)cc(O)c1. The molecule has 0 atom stereocenters. The van der Waals surface area contributed by atoms with Gasteiger partial charge in [0.1, 0.15) is 23.0 Å². The van der Waals surface area contributed by atoms with Crippen molar-refractivity contribution in [3.05, 3.63) is 71.8 Å². The van der Waals surface area contributed by atoms with Gasteiger partial charge in [-0.3, -0.25) is 9.59 Å². The van der Waals surface area contributed by atoms with Gasteiger partial charge in [-0.05, 0) is 48.5 Å². The van der Waals surface area contributed by atoms with Crippen LogP contribution >= 0.6 is 0 Å². The molecule has 0 saturated carbocycles. The highest BCUT2D eigenvalue weighted by Gasteiger charge is 2.11. The Morgan fingerprint density at radius 1 is 0.533 bits per heavy atom. The van der Waals surface area contributed by atoms with E-state index in [1.165, 1.54) is 24.3 Å². The highest BCUT2D eigenvalue weighted by Crippen LogP contribution is 2.23. The maximum Gasteiger partial charge on any atom is 0.255 e. The Morgan fingerprint density at radius 3 is 1.07 bits per heavy atom. The molecule has 0 aliphatic carbocycles. The number of anilines is 2. The topological polar surface area (TPSA) is 202 Å². The molecule has 10 N–H and O–H groups in total. The molecule has 3 aromatic carbocycles. The molecule has 158 valence electrons. The van der Waals surface area contributed by atoms with E-state index in [1.54, 1.807) is 24.3 Å². The zero-order valence-corrected chi connectivity index (χ0v) is 15.4. The molecule has 2 amide bonds. The normalized spacial score (nSPS) is 9.60. The Hall–Kier alpha value is -4.28. The molecule has 0 aliphatic rings. The number of benzene rings is 3. The van der Waals surface area contributed by atoms with Crippen LogP contribution < -0.4 is 10.6 Å². The average Bonchev–Trinajstić information content (AvgIpc) is 2.61. The molecule has 10 nitrogen and oxygen atoms in total. The summed E-state index contributed by atoms with van der Waals surface area (Å²) < 4.78 is 0. The highest BCUT2D eigenvalue weighted by atomic mass is 16.3. The van der Waals surface area contributed by atoms with Crippen LogP contribution in [-0.4, -0.2) is 43.2 Å². The second-order valence-electron chi connectivity index (χ2n) is 5.96. The van der Waals surface area contributed by atoms with Gasteiger partial charge in [0.25, 0.3) is 11.8 Å². The fraction of sp³-hybridized carbons (Fsp3) is 0. The van der Waals surface area contributed by atoms with Crippen LogP contribution in [0, 0.1) is 0 Å². The lowest BCUT2D eigenvalue weighted by Crippen LogP contribution is -2.13. The number of nitrogens with one attached hydrogen (secondary N) is 2. The van der Waals surface area contributed by atoms with Gasteiger partial charge >= 0.3 is 0 Å². The van der Waals surface area contributed by atoms with Gasteiger partial charge in [-0.2, -0.15) is 0 Å². The lowest BCUT2D eigenvalue weighted by atomic mass is 10.1. The van der Waals surface area contributed by atoms with Crippen molar-refractivity contribution in [2.45, 2.75) is 0 Å². The molecule has 0 radical (unpaired) electrons. The first-order valence-electron chi connectivity index (χ1n) is 8.09. The fourth-order valence-corrected chi connectivity index (χ4v) is 2.50. The second kappa shape index (κ2) is 9.78. The van der Waals surface area contributed by atoms with Crippen molar-refractivity contribution in [3.63, 3.8) is 0 Å². The second-order valence-corrected chi connectivity index (χ2v) is 5.96. The Bertz CT molecular complexity index is 926. The van der Waals surface area contributed by atoms with Gasteiger partial charge in [0.15, 0.2) is 0 Å². The van der Waals surface area contributed by atoms with E-state index >= 15 is 0 Å². The lowest BCUT2D eigenvalue weighted by Gasteiger charge is -2.09. The van der Waals surface area contributed by atoms with Crippen molar-refractivity contribution in [1.29, 1.82) is 0 Å². The largest absolute Gasteiger partial charge is 0.508 e. The number of rotatable bonds is 4. The number of carbonyl (C=O) groups excluding carboxylic acids is 2. The third kappa shape index (κ3) is 5.86. The Labute approximate surface area is 170 Å². The van der Waals surface area contributed by atoms with Crippen molar-refractivity contribution in [1.82, 2.24) is 0 Å². The minimum absolute atomic E-state index is 0. The van der Waals surface area contributed by atoms with Crippen LogP contribution in [0.3, 0.4) is 0 Å². The quantitative estimate of drug-likeness (QED) is 0.370. The van der Waals surface area contributed by atoms with E-state index in [2.05, 4.69) is 10.6 Å². The molecule has 0 saturated heterocycles. The number of aromatic hydroxyl groups is 4. The minimum atomic E-state index is -0.529. The first-order valence-corrected chi connectivity index (χ1v) is 8.09. The summed E-state index contributed by atoms with van der Waals surface area (Å²) in [5.41, 5.74) is 1.03. The number of phenols is 4. The van der Waals surface area contributed by atoms with Gasteiger partial charge < -0.3 is 42.0 Å². The number of carbonyl (C=O) groups is 2. The summed E-state index contributed by atoms with van der Waals surface area (Å²) in [6, 6.07) is 13.3. The van der Waals surface area contributed by atoms with Gasteiger partial charge in [0.2, 0.25) is 0 Å². The van der Waals surface area contributed by atoms with Crippen LogP contribution in [0.25, 0.3) is 0 Å². The van der Waals surface area contributed by atoms with E-state index in [0.717, 1.165) is 12.1 Å². The van der Waals surface area contributed by atoms with Crippen molar-refractivity contribution in [3.8, 4) is 23.0 Å². The molecule has 30 heavy (non-hydrogen) atoms. The van der Waals surface area contributed by atoms with E-state index in [1.807, 2.05) is 0 Å². The van der Waals surface area contributed by atoms with Crippen molar-refractivity contribution < 1.29 is 41.0 Å². The highest BCUT2D eigenvalue weighted by molar-refractivity contribution is 6.06. The zero-order valence-electron chi connectivity index (χ0n) is 15.4. The summed E-state index contributed by atoms with van der Waals surface area (Å²) in [4.78, 5) is 24.4. The van der Waals surface area contributed by atoms with Gasteiger partial charge in [-0.15, -0.1) is 0 Å². The monoisotopic (exact) mass is 416 g/mol. The van der Waals surface area contributed by atoms with E-state index < -0.39 is 11.8 Å². The number of hydrogen-bond acceptors (Lipinski definition) is 6. The molecule has 0 heterocycles. The van der Waals surface area contributed by atoms with Gasteiger partial charge in [0.05, 0.1) is 0 Å². The van der Waals surface area contributed by atoms with Crippen molar-refractivity contribution in [2.75, 3.05) is 10.6 Å². The molecule has 0 fully saturated rings. The van der Waals surface area contributed by atoms with Crippen molar-refractivity contribution >= 4 is 23.2 Å². The summed E-state index contributed by atoms with van der Waals surface area (Å²) in [7, 11) is 0. The molecule has 0 unspecified atom stereocenters. The minimum Gasteiger partial charge on any atom is -0.508 e. The summed E-state index contributed by atoms with van der Waals surface area (Å²) >= 11 is 0. The van der Waals surface area contributed by atoms with E-state index in [4.69, 9.17) is 0 Å². The molecule has 0 aromatic heterocycles. The summed E-state index contributed by atoms with van der Waals surface area (Å²) in [6.07, 6.45) is 0. The number of phenolic OH excluding ortho intramolecular Hbond substituents is 4. The third-order valence-electron chi connectivity index (χ3n) is 3.73. The van der Waals surface area contributed by atoms with E-state index in [9.17, 15) is 30.0 Å². The molecular weight excluding hydrogens is 396 g/mol. The zero-order chi connectivity index (χ0) is 20.3. The van der Waals surface area contributed by atoms with Crippen LogP contribution in [-0.2, 0) is 0 Å². The molecule has 0 bridgehead atoms. The third-order valence-corrected chi connectivity index (χ3v) is 3.73. The molecule has 0 aliphatic heterocycles. The smallest absolute Gasteiger partial charge is 0.255 e. The first-order chi connectivity index (χ1) is 13.3. The standard InChI is InChI=1S/C20H16N2O6.2H2O/c23-15-5-11(6-16(24)9-15)19(27)21-13-1-2-14(4-3-13)22-20(28)12-7-17(25)10-18(26)8-12;;/h1-10,23-26H,(H,21,27)(H,22,28);2*1H2. The fourth-order valence-electron chi connectivity index (χ4n) is 2.50. The molecule has 0 spiro atoms. The summed E-state index contributed by atoms with van der Waals surface area (Å²) in [5, 5.41) is 43.0. The maximum absolute atomic E-state index is 12.2. The van der Waals surface area contributed by atoms with E-state index in [0.29, 0.717) is 11.4 Å². The van der Waals surface area contributed by atoms with Crippen LogP contribution in [0.1, 0.15) is 20.7 Å². The van der Waals surface area contributed by atoms with Gasteiger partial charge in [-0.1, -0.05) is 0 Å². The Morgan fingerprint density at radius 2 is 0.800 bits per heavy atom. The van der Waals surface area contributed by atoms with Crippen LogP contribution in [0.15, 0.2) is 60.7 Å². The molecule has 3 aromatic rings. The maximum atomic E-state index is 12.2.